The van der Waals surface area contributed by atoms with Crippen molar-refractivity contribution in [2.45, 2.75) is 6.42 Å². The maximum absolute atomic E-state index is 13.6. The van der Waals surface area contributed by atoms with E-state index in [-0.39, 0.29) is 17.5 Å². The number of nitrogens with zero attached hydrogens (tertiary/aromatic N) is 1. The largest absolute Gasteiger partial charge is 0.354 e. The Kier molecular flexibility index (Phi) is 3.99. The first-order chi connectivity index (χ1) is 8.99. The third-order valence-electron chi connectivity index (χ3n) is 2.79. The van der Waals surface area contributed by atoms with E-state index in [0.29, 0.717) is 19.5 Å². The highest BCUT2D eigenvalue weighted by Crippen LogP contribution is 2.20. The number of rotatable bonds is 1. The second kappa shape index (κ2) is 5.52. The molecule has 0 aliphatic carbocycles. The van der Waals surface area contributed by atoms with Crippen molar-refractivity contribution < 1.29 is 18.4 Å². The van der Waals surface area contributed by atoms with E-state index >= 15 is 0 Å². The van der Waals surface area contributed by atoms with Crippen LogP contribution in [0.15, 0.2) is 12.1 Å². The van der Waals surface area contributed by atoms with Crippen LogP contribution < -0.4 is 5.32 Å². The summed E-state index contributed by atoms with van der Waals surface area (Å²) in [6, 6.07) is 1.50. The van der Waals surface area contributed by atoms with Crippen LogP contribution in [0.25, 0.3) is 0 Å². The molecule has 1 aliphatic heterocycles. The maximum atomic E-state index is 13.6. The topological polar surface area (TPSA) is 49.4 Å². The van der Waals surface area contributed by atoms with Crippen molar-refractivity contribution in [3.63, 3.8) is 0 Å². The fourth-order valence-electron chi connectivity index (χ4n) is 1.84. The molecule has 0 aromatic heterocycles. The van der Waals surface area contributed by atoms with Gasteiger partial charge in [-0.15, -0.1) is 0 Å². The number of carbonyl (C=O) groups excluding carboxylic acids is 2. The number of benzene rings is 1. The molecule has 1 aliphatic rings. The second-order valence-corrected chi connectivity index (χ2v) is 4.58. The Morgan fingerprint density at radius 1 is 1.32 bits per heavy atom. The van der Waals surface area contributed by atoms with Gasteiger partial charge in [-0.1, -0.05) is 11.6 Å². The molecule has 19 heavy (non-hydrogen) atoms. The maximum Gasteiger partial charge on any atom is 0.257 e. The van der Waals surface area contributed by atoms with Crippen LogP contribution in [0.1, 0.15) is 16.8 Å². The zero-order chi connectivity index (χ0) is 14.0. The lowest BCUT2D eigenvalue weighted by Gasteiger charge is -2.19. The smallest absolute Gasteiger partial charge is 0.257 e. The van der Waals surface area contributed by atoms with Crippen LogP contribution in [0.2, 0.25) is 5.02 Å². The van der Waals surface area contributed by atoms with Crippen molar-refractivity contribution in [2.75, 3.05) is 19.6 Å². The van der Waals surface area contributed by atoms with Gasteiger partial charge in [-0.2, -0.15) is 0 Å². The van der Waals surface area contributed by atoms with Gasteiger partial charge in [-0.3, -0.25) is 9.59 Å². The molecule has 1 aromatic rings. The van der Waals surface area contributed by atoms with Gasteiger partial charge in [0.2, 0.25) is 5.91 Å². The molecule has 1 aromatic carbocycles. The lowest BCUT2D eigenvalue weighted by atomic mass is 10.1. The molecular weight excluding hydrogens is 278 g/mol. The summed E-state index contributed by atoms with van der Waals surface area (Å²) in [4.78, 5) is 24.6. The van der Waals surface area contributed by atoms with E-state index in [0.717, 1.165) is 12.1 Å². The Labute approximate surface area is 113 Å². The van der Waals surface area contributed by atoms with Crippen molar-refractivity contribution in [2.24, 2.45) is 0 Å². The highest BCUT2D eigenvalue weighted by Gasteiger charge is 2.24. The summed E-state index contributed by atoms with van der Waals surface area (Å²) in [5, 5.41) is 2.21. The van der Waals surface area contributed by atoms with Gasteiger partial charge in [0.05, 0.1) is 17.1 Å². The second-order valence-electron chi connectivity index (χ2n) is 4.18. The quantitative estimate of drug-likeness (QED) is 0.798. The van der Waals surface area contributed by atoms with E-state index in [1.54, 1.807) is 0 Å². The van der Waals surface area contributed by atoms with Gasteiger partial charge >= 0.3 is 0 Å². The first-order valence-electron chi connectivity index (χ1n) is 5.69. The van der Waals surface area contributed by atoms with Crippen LogP contribution >= 0.6 is 11.6 Å². The number of halogens is 3. The van der Waals surface area contributed by atoms with Crippen molar-refractivity contribution in [3.8, 4) is 0 Å². The summed E-state index contributed by atoms with van der Waals surface area (Å²) in [5.41, 5.74) is -0.420. The van der Waals surface area contributed by atoms with Crippen LogP contribution in [-0.2, 0) is 4.79 Å². The molecular formula is C12H11ClF2N2O2. The van der Waals surface area contributed by atoms with E-state index < -0.39 is 23.1 Å². The minimum Gasteiger partial charge on any atom is -0.354 e. The van der Waals surface area contributed by atoms with Gasteiger partial charge in [-0.25, -0.2) is 8.78 Å². The molecule has 0 radical (unpaired) electrons. The third-order valence-corrected chi connectivity index (χ3v) is 3.08. The monoisotopic (exact) mass is 288 g/mol. The van der Waals surface area contributed by atoms with E-state index in [9.17, 15) is 18.4 Å². The average molecular weight is 289 g/mol. The molecule has 1 heterocycles. The molecule has 1 N–H and O–H groups in total. The summed E-state index contributed by atoms with van der Waals surface area (Å²) < 4.78 is 26.9. The first kappa shape index (κ1) is 13.7. The van der Waals surface area contributed by atoms with Gasteiger partial charge in [-0.05, 0) is 18.6 Å². The zero-order valence-corrected chi connectivity index (χ0v) is 10.6. The summed E-state index contributed by atoms with van der Waals surface area (Å²) in [5.74, 6) is -2.81. The minimum atomic E-state index is -0.902. The first-order valence-corrected chi connectivity index (χ1v) is 6.07. The van der Waals surface area contributed by atoms with Crippen LogP contribution in [0, 0.1) is 11.6 Å². The molecule has 0 saturated carbocycles. The standard InChI is InChI=1S/C12H11ClF2N2O2/c13-8-5-9(14)7(4-10(8)15)12(19)17-3-1-2-16-11(18)6-17/h4-5H,1-3,6H2,(H,16,18). The normalized spacial score (nSPS) is 15.9. The van der Waals surface area contributed by atoms with Crippen molar-refractivity contribution in [1.29, 1.82) is 0 Å². The molecule has 1 fully saturated rings. The van der Waals surface area contributed by atoms with Gasteiger partial charge in [0.1, 0.15) is 11.6 Å². The van der Waals surface area contributed by atoms with Crippen molar-refractivity contribution >= 4 is 23.4 Å². The number of carbonyl (C=O) groups is 2. The van der Waals surface area contributed by atoms with Crippen LogP contribution in [-0.4, -0.2) is 36.3 Å². The lowest BCUT2D eigenvalue weighted by molar-refractivity contribution is -0.121. The Morgan fingerprint density at radius 3 is 2.79 bits per heavy atom. The molecule has 0 spiro atoms. The van der Waals surface area contributed by atoms with Gasteiger partial charge in [0.25, 0.3) is 5.91 Å². The van der Waals surface area contributed by atoms with Gasteiger partial charge in [0, 0.05) is 13.1 Å². The van der Waals surface area contributed by atoms with Crippen molar-refractivity contribution in [3.05, 3.63) is 34.4 Å². The number of nitrogens with one attached hydrogen (secondary N) is 1. The van der Waals surface area contributed by atoms with Crippen LogP contribution in [0.3, 0.4) is 0 Å². The predicted octanol–water partition coefficient (Wildman–Crippen LogP) is 1.58. The Balaban J connectivity index is 2.28. The van der Waals surface area contributed by atoms with Crippen molar-refractivity contribution in [1.82, 2.24) is 10.2 Å². The highest BCUT2D eigenvalue weighted by atomic mass is 35.5. The molecule has 2 amide bonds. The van der Waals surface area contributed by atoms with E-state index in [2.05, 4.69) is 5.32 Å². The fraction of sp³-hybridized carbons (Fsp3) is 0.333. The molecule has 4 nitrogen and oxygen atoms in total. The summed E-state index contributed by atoms with van der Waals surface area (Å²) in [7, 11) is 0. The number of amides is 2. The van der Waals surface area contributed by atoms with E-state index in [1.165, 1.54) is 4.90 Å². The molecule has 102 valence electrons. The summed E-state index contributed by atoms with van der Waals surface area (Å²) in [6.07, 6.45) is 0.565. The highest BCUT2D eigenvalue weighted by molar-refractivity contribution is 6.30. The molecule has 7 heteroatoms. The average Bonchev–Trinajstić information content (AvgIpc) is 2.58. The van der Waals surface area contributed by atoms with E-state index in [1.807, 2.05) is 0 Å². The SMILES string of the molecule is O=C1CN(C(=O)c2cc(F)c(Cl)cc2F)CCCN1. The molecule has 0 bridgehead atoms. The van der Waals surface area contributed by atoms with Gasteiger partial charge < -0.3 is 10.2 Å². The lowest BCUT2D eigenvalue weighted by Crippen LogP contribution is -2.37. The molecule has 1 saturated heterocycles. The van der Waals surface area contributed by atoms with E-state index in [4.69, 9.17) is 11.6 Å². The molecule has 0 atom stereocenters. The zero-order valence-electron chi connectivity index (χ0n) is 9.88. The number of hydrogen-bond donors (Lipinski definition) is 1. The minimum absolute atomic E-state index is 0.164. The van der Waals surface area contributed by atoms with Crippen LogP contribution in [0.4, 0.5) is 8.78 Å². The third kappa shape index (κ3) is 3.01. The van der Waals surface area contributed by atoms with Gasteiger partial charge in [0.15, 0.2) is 0 Å². The predicted molar refractivity (Wildman–Crippen MR) is 64.9 cm³/mol. The Morgan fingerprint density at radius 2 is 2.05 bits per heavy atom. The fourth-order valence-corrected chi connectivity index (χ4v) is 1.99. The summed E-state index contributed by atoms with van der Waals surface area (Å²) >= 11 is 5.42. The number of hydrogen-bond acceptors (Lipinski definition) is 2. The Hall–Kier alpha value is -1.69. The summed E-state index contributed by atoms with van der Waals surface area (Å²) in [6.45, 7) is 0.601. The Bertz CT molecular complexity index is 537. The molecule has 0 unspecified atom stereocenters. The molecule has 2 rings (SSSR count). The van der Waals surface area contributed by atoms with Crippen LogP contribution in [0.5, 0.6) is 0 Å².